The third-order valence-corrected chi connectivity index (χ3v) is 10.3. The molecule has 4 fully saturated rings. The number of carbonyl (C=O) groups excluding carboxylic acids is 3. The number of amides is 3. The van der Waals surface area contributed by atoms with E-state index in [2.05, 4.69) is 13.2 Å². The second-order valence-corrected chi connectivity index (χ2v) is 13.0. The Kier molecular flexibility index (Phi) is 11.0. The summed E-state index contributed by atoms with van der Waals surface area (Å²) in [5, 5.41) is 9.25. The zero-order chi connectivity index (χ0) is 32.0. The van der Waals surface area contributed by atoms with E-state index in [0.29, 0.717) is 44.6 Å². The van der Waals surface area contributed by atoms with Gasteiger partial charge in [-0.05, 0) is 69.7 Å². The highest BCUT2D eigenvalue weighted by molar-refractivity contribution is 6.03. The molecule has 1 N–H and O–H groups in total. The summed E-state index contributed by atoms with van der Waals surface area (Å²) in [7, 11) is 0. The molecule has 1 saturated carbocycles. The molecule has 1 spiro atoms. The number of ether oxygens (including phenoxy) is 2. The van der Waals surface area contributed by atoms with Gasteiger partial charge in [0.2, 0.25) is 17.7 Å². The van der Waals surface area contributed by atoms with Crippen molar-refractivity contribution in [2.45, 2.75) is 101 Å². The van der Waals surface area contributed by atoms with Crippen molar-refractivity contribution in [3.63, 3.8) is 0 Å². The molecule has 0 radical (unpaired) electrons. The maximum atomic E-state index is 14.7. The lowest BCUT2D eigenvalue weighted by Gasteiger charge is -2.40. The van der Waals surface area contributed by atoms with Gasteiger partial charge in [-0.3, -0.25) is 14.4 Å². The van der Waals surface area contributed by atoms with Gasteiger partial charge in [0.1, 0.15) is 17.4 Å². The molecule has 1 aromatic rings. The van der Waals surface area contributed by atoms with E-state index in [0.717, 1.165) is 50.7 Å². The number of rotatable bonds is 16. The number of fused-ring (bicyclic) bond motifs is 1. The summed E-state index contributed by atoms with van der Waals surface area (Å²) in [6.07, 6.45) is 12.6. The quantitative estimate of drug-likeness (QED) is 0.209. The number of nitrogens with zero attached hydrogens (tertiary/aromatic N) is 3. The molecule has 2 unspecified atom stereocenters. The number of carbonyl (C=O) groups is 3. The second-order valence-electron chi connectivity index (χ2n) is 13.0. The summed E-state index contributed by atoms with van der Waals surface area (Å²) in [5.41, 5.74) is -0.328. The van der Waals surface area contributed by atoms with Gasteiger partial charge in [0.25, 0.3) is 0 Å². The van der Waals surface area contributed by atoms with Crippen LogP contribution in [0.4, 0.5) is 5.69 Å². The van der Waals surface area contributed by atoms with Crippen molar-refractivity contribution >= 4 is 23.4 Å². The molecular weight excluding hydrogens is 570 g/mol. The van der Waals surface area contributed by atoms with E-state index in [1.807, 2.05) is 36.1 Å². The summed E-state index contributed by atoms with van der Waals surface area (Å²) in [6.45, 7) is 11.6. The summed E-state index contributed by atoms with van der Waals surface area (Å²) in [6, 6.07) is 6.74. The molecule has 3 aliphatic heterocycles. The maximum Gasteiger partial charge on any atom is 0.248 e. The predicted molar refractivity (Wildman–Crippen MR) is 174 cm³/mol. The third-order valence-electron chi connectivity index (χ3n) is 10.3. The van der Waals surface area contributed by atoms with Crippen LogP contribution < -0.4 is 9.64 Å². The zero-order valence-electron chi connectivity index (χ0n) is 26.9. The molecule has 4 aliphatic rings. The summed E-state index contributed by atoms with van der Waals surface area (Å²) in [5.74, 6) is -1.08. The van der Waals surface area contributed by atoms with E-state index < -0.39 is 29.6 Å². The minimum Gasteiger partial charge on any atom is -0.494 e. The van der Waals surface area contributed by atoms with E-state index in [-0.39, 0.29) is 36.9 Å². The van der Waals surface area contributed by atoms with Crippen molar-refractivity contribution in [3.8, 4) is 5.75 Å². The van der Waals surface area contributed by atoms with Crippen LogP contribution in [0.2, 0.25) is 0 Å². The molecule has 9 heteroatoms. The molecule has 0 aromatic heterocycles. The largest absolute Gasteiger partial charge is 0.494 e. The molecule has 1 aliphatic carbocycles. The fourth-order valence-electron chi connectivity index (χ4n) is 8.33. The first-order valence-corrected chi connectivity index (χ1v) is 17.1. The van der Waals surface area contributed by atoms with Gasteiger partial charge in [0.15, 0.2) is 0 Å². The van der Waals surface area contributed by atoms with Gasteiger partial charge in [-0.25, -0.2) is 0 Å². The smallest absolute Gasteiger partial charge is 0.248 e. The van der Waals surface area contributed by atoms with Gasteiger partial charge in [-0.2, -0.15) is 0 Å². The van der Waals surface area contributed by atoms with Gasteiger partial charge in [0.05, 0.1) is 24.5 Å². The Morgan fingerprint density at radius 2 is 1.73 bits per heavy atom. The minimum absolute atomic E-state index is 0.0729. The van der Waals surface area contributed by atoms with Crippen molar-refractivity contribution in [2.24, 2.45) is 11.8 Å². The lowest BCUT2D eigenvalue weighted by Crippen LogP contribution is -2.58. The van der Waals surface area contributed by atoms with E-state index in [4.69, 9.17) is 9.47 Å². The van der Waals surface area contributed by atoms with Crippen molar-refractivity contribution in [1.82, 2.24) is 9.80 Å². The zero-order valence-corrected chi connectivity index (χ0v) is 26.9. The molecule has 3 amide bonds. The normalized spacial score (nSPS) is 27.3. The molecule has 45 heavy (non-hydrogen) atoms. The molecule has 1 aromatic carbocycles. The van der Waals surface area contributed by atoms with Crippen LogP contribution in [0.15, 0.2) is 49.6 Å². The number of aliphatic hydroxyl groups is 1. The maximum absolute atomic E-state index is 14.7. The van der Waals surface area contributed by atoms with E-state index >= 15 is 0 Å². The highest BCUT2D eigenvalue weighted by atomic mass is 16.5. The first-order chi connectivity index (χ1) is 21.9. The average molecular weight is 622 g/mol. The van der Waals surface area contributed by atoms with Gasteiger partial charge in [0, 0.05) is 38.0 Å². The lowest BCUT2D eigenvalue weighted by molar-refractivity contribution is -0.150. The van der Waals surface area contributed by atoms with Crippen LogP contribution in [0, 0.1) is 11.8 Å². The second kappa shape index (κ2) is 14.9. The van der Waals surface area contributed by atoms with Crippen molar-refractivity contribution in [3.05, 3.63) is 49.6 Å². The van der Waals surface area contributed by atoms with Crippen LogP contribution >= 0.6 is 0 Å². The molecule has 246 valence electrons. The number of hydrogen-bond acceptors (Lipinski definition) is 6. The summed E-state index contributed by atoms with van der Waals surface area (Å²) in [4.78, 5) is 49.1. The van der Waals surface area contributed by atoms with E-state index in [1.54, 1.807) is 22.0 Å². The van der Waals surface area contributed by atoms with E-state index in [9.17, 15) is 19.5 Å². The van der Waals surface area contributed by atoms with Crippen LogP contribution in [-0.2, 0) is 19.1 Å². The van der Waals surface area contributed by atoms with Crippen LogP contribution in [0.25, 0.3) is 0 Å². The lowest BCUT2D eigenvalue weighted by atomic mass is 9.70. The monoisotopic (exact) mass is 621 g/mol. The Hall–Kier alpha value is -3.17. The molecular formula is C36H51N3O6. The van der Waals surface area contributed by atoms with Crippen LogP contribution in [0.5, 0.6) is 5.75 Å². The fourth-order valence-corrected chi connectivity index (χ4v) is 8.33. The summed E-state index contributed by atoms with van der Waals surface area (Å²) < 4.78 is 12.4. The first kappa shape index (κ1) is 33.2. The molecule has 2 bridgehead atoms. The number of unbranched alkanes of at least 4 members (excludes halogenated alkanes) is 3. The Morgan fingerprint density at radius 3 is 2.40 bits per heavy atom. The third kappa shape index (κ3) is 6.43. The molecule has 5 rings (SSSR count). The highest BCUT2D eigenvalue weighted by Crippen LogP contribution is 2.59. The number of likely N-dealkylation sites (tertiary alicyclic amines) is 1. The Labute approximate surface area is 268 Å². The average Bonchev–Trinajstić information content (AvgIpc) is 3.70. The fraction of sp³-hybridized carbons (Fsp3) is 0.639. The molecule has 3 heterocycles. The van der Waals surface area contributed by atoms with Gasteiger partial charge >= 0.3 is 0 Å². The van der Waals surface area contributed by atoms with Gasteiger partial charge in [-0.15, -0.1) is 13.2 Å². The van der Waals surface area contributed by atoms with Crippen LogP contribution in [-0.4, -0.2) is 89.3 Å². The Bertz CT molecular complexity index is 1210. The number of hydrogen-bond donors (Lipinski definition) is 1. The molecule has 9 nitrogen and oxygen atoms in total. The van der Waals surface area contributed by atoms with Crippen molar-refractivity contribution in [2.75, 3.05) is 37.7 Å². The molecule has 3 saturated heterocycles. The first-order valence-electron chi connectivity index (χ1n) is 17.1. The predicted octanol–water partition coefficient (Wildman–Crippen LogP) is 4.88. The van der Waals surface area contributed by atoms with Crippen LogP contribution in [0.1, 0.15) is 77.6 Å². The van der Waals surface area contributed by atoms with Gasteiger partial charge in [-0.1, -0.05) is 44.3 Å². The number of aliphatic hydroxyl groups excluding tert-OH is 1. The summed E-state index contributed by atoms with van der Waals surface area (Å²) >= 11 is 0. The SMILES string of the molecule is C=CCN(C(=O)[C@@H]1[C@@H]2CCC3(O2)C(C(=O)N(CC=C)C2CCCCC2)N(CCCCCCO)C(=O)[C@H]13)c1ccc(OCC)cc1. The van der Waals surface area contributed by atoms with Crippen LogP contribution in [0.3, 0.4) is 0 Å². The number of benzene rings is 1. The standard InChI is InChI=1S/C36H51N3O6/c1-4-22-37(27-16-18-28(19-17-27)44-6-3)33(41)30-29-20-21-36(45-29)31(30)34(42)39(24-12-7-8-13-25-40)32(36)35(43)38(23-5-2)26-14-10-9-11-15-26/h4-5,16-19,26,29-32,40H,1-2,6-15,20-25H2,3H3/t29-,30+,31-,32?,36?/m0/s1. The highest BCUT2D eigenvalue weighted by Gasteiger charge is 2.75. The van der Waals surface area contributed by atoms with Crippen molar-refractivity contribution < 1.29 is 29.0 Å². The topological polar surface area (TPSA) is 99.6 Å². The Morgan fingerprint density at radius 1 is 1.02 bits per heavy atom. The minimum atomic E-state index is -1.03. The van der Waals surface area contributed by atoms with Gasteiger partial charge < -0.3 is 29.3 Å². The Balaban J connectivity index is 1.47. The number of anilines is 1. The van der Waals surface area contributed by atoms with Crippen molar-refractivity contribution in [1.29, 1.82) is 0 Å². The molecule has 5 atom stereocenters. The van der Waals surface area contributed by atoms with E-state index in [1.165, 1.54) is 6.42 Å².